The zero-order chi connectivity index (χ0) is 21.0. The first-order valence-corrected chi connectivity index (χ1v) is 11.8. The molecule has 1 saturated heterocycles. The molecule has 0 bridgehead atoms. The van der Waals surface area contributed by atoms with E-state index in [1.165, 1.54) is 29.7 Å². The highest BCUT2D eigenvalue weighted by Crippen LogP contribution is 2.25. The van der Waals surface area contributed by atoms with Crippen LogP contribution >= 0.6 is 35.3 Å². The minimum atomic E-state index is 0. The first kappa shape index (κ1) is 25.6. The third kappa shape index (κ3) is 8.42. The van der Waals surface area contributed by atoms with E-state index in [-0.39, 0.29) is 29.9 Å². The predicted molar refractivity (Wildman–Crippen MR) is 141 cm³/mol. The number of benzene rings is 1. The third-order valence-electron chi connectivity index (χ3n) is 5.21. The van der Waals surface area contributed by atoms with Crippen LogP contribution in [0.15, 0.2) is 52.8 Å². The van der Waals surface area contributed by atoms with Gasteiger partial charge in [-0.05, 0) is 56.3 Å². The lowest BCUT2D eigenvalue weighted by molar-refractivity contribution is 0.0957. The van der Waals surface area contributed by atoms with Crippen molar-refractivity contribution < 1.29 is 4.79 Å². The van der Waals surface area contributed by atoms with Gasteiger partial charge in [0.25, 0.3) is 5.91 Å². The number of nitrogens with one attached hydrogen (secondary N) is 3. The largest absolute Gasteiger partial charge is 0.357 e. The van der Waals surface area contributed by atoms with Gasteiger partial charge in [-0.1, -0.05) is 36.4 Å². The van der Waals surface area contributed by atoms with Crippen molar-refractivity contribution in [1.29, 1.82) is 0 Å². The summed E-state index contributed by atoms with van der Waals surface area (Å²) in [5.41, 5.74) is 1.33. The summed E-state index contributed by atoms with van der Waals surface area (Å²) in [5, 5.41) is 11.6. The molecule has 1 aromatic heterocycles. The van der Waals surface area contributed by atoms with Crippen molar-refractivity contribution in [1.82, 2.24) is 20.9 Å². The average molecular weight is 556 g/mol. The fourth-order valence-corrected chi connectivity index (χ4v) is 4.31. The molecule has 3 N–H and O–H groups in total. The maximum Gasteiger partial charge on any atom is 0.261 e. The van der Waals surface area contributed by atoms with Gasteiger partial charge in [-0.15, -0.1) is 35.3 Å². The fraction of sp³-hybridized carbons (Fsp3) is 0.478. The van der Waals surface area contributed by atoms with Gasteiger partial charge in [-0.2, -0.15) is 0 Å². The first-order valence-electron chi connectivity index (χ1n) is 10.9. The van der Waals surface area contributed by atoms with Crippen molar-refractivity contribution >= 4 is 47.2 Å². The van der Waals surface area contributed by atoms with Gasteiger partial charge in [0.15, 0.2) is 5.96 Å². The number of aliphatic imine (C=N–C) groups is 1. The van der Waals surface area contributed by atoms with Gasteiger partial charge in [-0.25, -0.2) is 0 Å². The SMILES string of the molecule is CCNC(=NCC(c1ccccc1)N1CCCC1)NCCCNC(=O)c1cccs1.I. The lowest BCUT2D eigenvalue weighted by Crippen LogP contribution is -2.39. The molecule has 0 aliphatic carbocycles. The van der Waals surface area contributed by atoms with Gasteiger partial charge in [-0.3, -0.25) is 14.7 Å². The van der Waals surface area contributed by atoms with Crippen molar-refractivity contribution in [3.63, 3.8) is 0 Å². The summed E-state index contributed by atoms with van der Waals surface area (Å²) in [5.74, 6) is 0.837. The van der Waals surface area contributed by atoms with E-state index in [2.05, 4.69) is 58.1 Å². The van der Waals surface area contributed by atoms with Crippen LogP contribution in [-0.2, 0) is 0 Å². The second kappa shape index (κ2) is 14.4. The second-order valence-electron chi connectivity index (χ2n) is 7.40. The standard InChI is InChI=1S/C23H33N5OS.HI/c1-2-24-23(26-14-9-13-25-22(29)21-12-8-17-30-21)27-18-20(28-15-6-7-16-28)19-10-4-3-5-11-19;/h3-5,8,10-12,17,20H,2,6-7,9,13-16,18H2,1H3,(H,25,29)(H2,24,26,27);1H. The molecule has 1 aliphatic heterocycles. The van der Waals surface area contributed by atoms with Crippen LogP contribution in [0.3, 0.4) is 0 Å². The summed E-state index contributed by atoms with van der Waals surface area (Å²) >= 11 is 1.46. The number of carbonyl (C=O) groups excluding carboxylic acids is 1. The van der Waals surface area contributed by atoms with Gasteiger partial charge in [0.2, 0.25) is 0 Å². The molecule has 31 heavy (non-hydrogen) atoms. The molecule has 2 aromatic rings. The van der Waals surface area contributed by atoms with Crippen LogP contribution in [0.1, 0.15) is 47.5 Å². The first-order chi connectivity index (χ1) is 14.8. The molecule has 1 unspecified atom stereocenters. The highest BCUT2D eigenvalue weighted by Gasteiger charge is 2.23. The van der Waals surface area contributed by atoms with E-state index in [0.717, 1.165) is 50.0 Å². The Morgan fingerprint density at radius 1 is 1.06 bits per heavy atom. The number of halogens is 1. The molecule has 0 saturated carbocycles. The second-order valence-corrected chi connectivity index (χ2v) is 8.35. The number of rotatable bonds is 10. The normalized spacial score (nSPS) is 15.2. The predicted octanol–water partition coefficient (Wildman–Crippen LogP) is 3.88. The van der Waals surface area contributed by atoms with E-state index in [1.807, 2.05) is 17.5 Å². The Kier molecular flexibility index (Phi) is 11.9. The van der Waals surface area contributed by atoms with E-state index < -0.39 is 0 Å². The fourth-order valence-electron chi connectivity index (χ4n) is 3.67. The zero-order valence-electron chi connectivity index (χ0n) is 18.2. The van der Waals surface area contributed by atoms with Gasteiger partial charge in [0.1, 0.15) is 0 Å². The van der Waals surface area contributed by atoms with Crippen molar-refractivity contribution in [2.45, 2.75) is 32.2 Å². The van der Waals surface area contributed by atoms with Crippen LogP contribution < -0.4 is 16.0 Å². The van der Waals surface area contributed by atoms with Crippen LogP contribution in [0.4, 0.5) is 0 Å². The maximum absolute atomic E-state index is 12.0. The van der Waals surface area contributed by atoms with Gasteiger partial charge in [0, 0.05) is 19.6 Å². The molecule has 3 rings (SSSR count). The number of hydrogen-bond acceptors (Lipinski definition) is 4. The van der Waals surface area contributed by atoms with Crippen molar-refractivity contribution in [3.05, 3.63) is 58.3 Å². The summed E-state index contributed by atoms with van der Waals surface area (Å²) in [7, 11) is 0. The molecule has 2 heterocycles. The monoisotopic (exact) mass is 555 g/mol. The van der Waals surface area contributed by atoms with Crippen LogP contribution in [0.25, 0.3) is 0 Å². The van der Waals surface area contributed by atoms with Crippen molar-refractivity contribution in [2.24, 2.45) is 4.99 Å². The number of hydrogen-bond donors (Lipinski definition) is 3. The molecule has 1 amide bonds. The van der Waals surface area contributed by atoms with Gasteiger partial charge < -0.3 is 16.0 Å². The Morgan fingerprint density at radius 3 is 2.48 bits per heavy atom. The third-order valence-corrected chi connectivity index (χ3v) is 6.08. The average Bonchev–Trinajstić information content (AvgIpc) is 3.49. The number of guanidine groups is 1. The van der Waals surface area contributed by atoms with Crippen LogP contribution in [0.5, 0.6) is 0 Å². The maximum atomic E-state index is 12.0. The molecule has 0 spiro atoms. The van der Waals surface area contributed by atoms with Crippen LogP contribution in [0, 0.1) is 0 Å². The molecule has 1 aromatic carbocycles. The van der Waals surface area contributed by atoms with Gasteiger partial charge in [0.05, 0.1) is 17.5 Å². The lowest BCUT2D eigenvalue weighted by atomic mass is 10.1. The number of thiophene rings is 1. The molecule has 1 fully saturated rings. The molecule has 170 valence electrons. The molecule has 1 aliphatic rings. The number of amides is 1. The summed E-state index contributed by atoms with van der Waals surface area (Å²) < 4.78 is 0. The zero-order valence-corrected chi connectivity index (χ0v) is 21.3. The van der Waals surface area contributed by atoms with Crippen molar-refractivity contribution in [2.75, 3.05) is 39.3 Å². The summed E-state index contributed by atoms with van der Waals surface area (Å²) in [4.78, 5) is 20.2. The van der Waals surface area contributed by atoms with E-state index in [4.69, 9.17) is 4.99 Å². The Hall–Kier alpha value is -1.65. The van der Waals surface area contributed by atoms with E-state index in [0.29, 0.717) is 12.6 Å². The number of nitrogens with zero attached hydrogens (tertiary/aromatic N) is 2. The lowest BCUT2D eigenvalue weighted by Gasteiger charge is -2.27. The highest BCUT2D eigenvalue weighted by molar-refractivity contribution is 14.0. The molecule has 0 radical (unpaired) electrons. The quantitative estimate of drug-likeness (QED) is 0.180. The topological polar surface area (TPSA) is 68.8 Å². The Morgan fingerprint density at radius 2 is 1.81 bits per heavy atom. The van der Waals surface area contributed by atoms with E-state index >= 15 is 0 Å². The number of carbonyl (C=O) groups is 1. The van der Waals surface area contributed by atoms with Crippen LogP contribution in [0.2, 0.25) is 0 Å². The molecule has 8 heteroatoms. The Bertz CT molecular complexity index is 779. The summed E-state index contributed by atoms with van der Waals surface area (Å²) in [6.45, 7) is 7.31. The number of likely N-dealkylation sites (tertiary alicyclic amines) is 1. The minimum absolute atomic E-state index is 0. The molecular formula is C23H34IN5OS. The van der Waals surface area contributed by atoms with Crippen LogP contribution in [-0.4, -0.2) is 56.0 Å². The molecule has 1 atom stereocenters. The molecular weight excluding hydrogens is 521 g/mol. The molecule has 6 nitrogen and oxygen atoms in total. The Labute approximate surface area is 206 Å². The van der Waals surface area contributed by atoms with E-state index in [9.17, 15) is 4.79 Å². The summed E-state index contributed by atoms with van der Waals surface area (Å²) in [6, 6.07) is 14.7. The highest BCUT2D eigenvalue weighted by atomic mass is 127. The van der Waals surface area contributed by atoms with Gasteiger partial charge >= 0.3 is 0 Å². The Balaban J connectivity index is 0.00000341. The van der Waals surface area contributed by atoms with E-state index in [1.54, 1.807) is 0 Å². The van der Waals surface area contributed by atoms with Crippen molar-refractivity contribution in [3.8, 4) is 0 Å². The minimum Gasteiger partial charge on any atom is -0.357 e. The smallest absolute Gasteiger partial charge is 0.261 e. The summed E-state index contributed by atoms with van der Waals surface area (Å²) in [6.07, 6.45) is 3.38.